The molecule has 6 heteroatoms. The van der Waals surface area contributed by atoms with E-state index in [1.54, 1.807) is 0 Å². The Kier molecular flexibility index (Phi) is 5.23. The van der Waals surface area contributed by atoms with E-state index in [-0.39, 0.29) is 5.91 Å². The van der Waals surface area contributed by atoms with E-state index in [9.17, 15) is 4.79 Å². The van der Waals surface area contributed by atoms with Gasteiger partial charge in [-0.3, -0.25) is 9.89 Å². The van der Waals surface area contributed by atoms with Crippen molar-refractivity contribution in [3.05, 3.63) is 40.2 Å². The van der Waals surface area contributed by atoms with E-state index in [2.05, 4.69) is 39.3 Å². The fourth-order valence-electron chi connectivity index (χ4n) is 3.21. The maximum absolute atomic E-state index is 12.1. The first kappa shape index (κ1) is 16.6. The lowest BCUT2D eigenvalue weighted by Crippen LogP contribution is -2.27. The van der Waals surface area contributed by atoms with E-state index >= 15 is 0 Å². The molecule has 0 aromatic carbocycles. The molecule has 2 aromatic rings. The highest BCUT2D eigenvalue weighted by molar-refractivity contribution is 5.92. The first-order valence-electron chi connectivity index (χ1n) is 8.85. The first-order chi connectivity index (χ1) is 11.7. The van der Waals surface area contributed by atoms with Crippen molar-refractivity contribution < 1.29 is 4.79 Å². The number of amides is 1. The fourth-order valence-corrected chi connectivity index (χ4v) is 3.21. The summed E-state index contributed by atoms with van der Waals surface area (Å²) >= 11 is 0. The van der Waals surface area contributed by atoms with Crippen molar-refractivity contribution in [3.63, 3.8) is 0 Å². The van der Waals surface area contributed by atoms with Crippen molar-refractivity contribution in [3.8, 4) is 0 Å². The van der Waals surface area contributed by atoms with E-state index in [1.807, 2.05) is 6.07 Å². The Morgan fingerprint density at radius 2 is 2.08 bits per heavy atom. The van der Waals surface area contributed by atoms with E-state index in [4.69, 9.17) is 0 Å². The summed E-state index contributed by atoms with van der Waals surface area (Å²) in [6.45, 7) is 4.68. The molecule has 0 saturated carbocycles. The maximum atomic E-state index is 12.1. The minimum Gasteiger partial charge on any atom is -0.350 e. The molecule has 0 unspecified atom stereocenters. The largest absolute Gasteiger partial charge is 0.350 e. The van der Waals surface area contributed by atoms with Gasteiger partial charge in [-0.1, -0.05) is 13.3 Å². The second-order valence-electron chi connectivity index (χ2n) is 6.39. The molecule has 0 aliphatic heterocycles. The average molecular weight is 327 g/mol. The Hall–Kier alpha value is -2.24. The molecule has 2 N–H and O–H groups in total. The minimum absolute atomic E-state index is 0.150. The van der Waals surface area contributed by atoms with Crippen molar-refractivity contribution in [2.45, 2.75) is 58.8 Å². The average Bonchev–Trinajstić information content (AvgIpc) is 3.04. The number of hydrogen-bond donors (Lipinski definition) is 2. The van der Waals surface area contributed by atoms with Crippen molar-refractivity contribution >= 4 is 5.91 Å². The number of aromatic nitrogens is 4. The summed E-state index contributed by atoms with van der Waals surface area (Å²) in [5.41, 5.74) is 5.07. The molecule has 128 valence electrons. The summed E-state index contributed by atoms with van der Waals surface area (Å²) in [4.78, 5) is 21.4. The normalized spacial score (nSPS) is 13.6. The van der Waals surface area contributed by atoms with Crippen molar-refractivity contribution in [1.82, 2.24) is 25.5 Å². The smallest absolute Gasteiger partial charge is 0.271 e. The van der Waals surface area contributed by atoms with Crippen LogP contribution in [0.2, 0.25) is 0 Å². The molecule has 0 bridgehead atoms. The molecular formula is C18H25N5O. The second-order valence-corrected chi connectivity index (χ2v) is 6.39. The van der Waals surface area contributed by atoms with Gasteiger partial charge < -0.3 is 5.32 Å². The van der Waals surface area contributed by atoms with Crippen molar-refractivity contribution in [2.24, 2.45) is 0 Å². The number of carbonyl (C=O) groups excluding carboxylic acids is 1. The van der Waals surface area contributed by atoms with Crippen LogP contribution < -0.4 is 5.32 Å². The molecule has 24 heavy (non-hydrogen) atoms. The Morgan fingerprint density at radius 3 is 2.92 bits per heavy atom. The van der Waals surface area contributed by atoms with Crippen LogP contribution in [0.25, 0.3) is 0 Å². The highest BCUT2D eigenvalue weighted by Crippen LogP contribution is 2.21. The zero-order valence-electron chi connectivity index (χ0n) is 14.5. The van der Waals surface area contributed by atoms with Gasteiger partial charge in [-0.2, -0.15) is 5.10 Å². The van der Waals surface area contributed by atoms with E-state index in [0.29, 0.717) is 18.7 Å². The minimum atomic E-state index is -0.150. The number of nitrogens with one attached hydrogen (secondary N) is 2. The van der Waals surface area contributed by atoms with Gasteiger partial charge in [-0.25, -0.2) is 9.97 Å². The van der Waals surface area contributed by atoms with E-state index < -0.39 is 0 Å². The van der Waals surface area contributed by atoms with Crippen LogP contribution in [0, 0.1) is 6.92 Å². The number of hydrogen-bond acceptors (Lipinski definition) is 4. The molecule has 0 atom stereocenters. The lowest BCUT2D eigenvalue weighted by molar-refractivity contribution is 0.0949. The van der Waals surface area contributed by atoms with Gasteiger partial charge in [0.25, 0.3) is 5.91 Å². The predicted octanol–water partition coefficient (Wildman–Crippen LogP) is 2.31. The summed E-state index contributed by atoms with van der Waals surface area (Å²) in [6, 6.07) is 1.82. The lowest BCUT2D eigenvalue weighted by atomic mass is 9.95. The molecule has 1 amide bonds. The van der Waals surface area contributed by atoms with Crippen LogP contribution >= 0.6 is 0 Å². The second kappa shape index (κ2) is 7.55. The maximum Gasteiger partial charge on any atom is 0.271 e. The summed E-state index contributed by atoms with van der Waals surface area (Å²) in [6.07, 6.45) is 7.16. The van der Waals surface area contributed by atoms with E-state index in [1.165, 1.54) is 24.1 Å². The number of H-pyrrole nitrogens is 1. The van der Waals surface area contributed by atoms with Crippen molar-refractivity contribution in [2.75, 3.05) is 6.54 Å². The molecule has 2 heterocycles. The van der Waals surface area contributed by atoms with Gasteiger partial charge in [0.15, 0.2) is 0 Å². The molecule has 2 aromatic heterocycles. The van der Waals surface area contributed by atoms with Crippen molar-refractivity contribution in [1.29, 1.82) is 0 Å². The number of aromatic amines is 1. The third-order valence-corrected chi connectivity index (χ3v) is 4.45. The molecule has 1 aliphatic carbocycles. The zero-order chi connectivity index (χ0) is 16.9. The summed E-state index contributed by atoms with van der Waals surface area (Å²) < 4.78 is 0. The van der Waals surface area contributed by atoms with Gasteiger partial charge in [0, 0.05) is 30.0 Å². The number of aryl methyl sites for hydroxylation is 3. The quantitative estimate of drug-likeness (QED) is 0.853. The standard InChI is InChI=1S/C18H25N5O/c1-3-6-13-11-16(23-22-13)18(24)19-10-9-17-20-12(2)14-7-4-5-8-15(14)21-17/h11H,3-10H2,1-2H3,(H,19,24)(H,22,23). The van der Waals surface area contributed by atoms with Crippen LogP contribution in [0.15, 0.2) is 6.07 Å². The lowest BCUT2D eigenvalue weighted by Gasteiger charge is -2.17. The Balaban J connectivity index is 1.56. The molecule has 1 aliphatic rings. The molecule has 3 rings (SSSR count). The molecule has 0 radical (unpaired) electrons. The number of fused-ring (bicyclic) bond motifs is 1. The molecule has 0 fully saturated rings. The number of carbonyl (C=O) groups is 1. The Morgan fingerprint density at radius 1 is 1.25 bits per heavy atom. The van der Waals surface area contributed by atoms with E-state index in [0.717, 1.165) is 42.9 Å². The predicted molar refractivity (Wildman–Crippen MR) is 92.0 cm³/mol. The Bertz CT molecular complexity index is 722. The fraction of sp³-hybridized carbons (Fsp3) is 0.556. The number of nitrogens with zero attached hydrogens (tertiary/aromatic N) is 3. The van der Waals surface area contributed by atoms with Crippen LogP contribution in [-0.4, -0.2) is 32.6 Å². The summed E-state index contributed by atoms with van der Waals surface area (Å²) in [5.74, 6) is 0.672. The van der Waals surface area contributed by atoms with Crippen LogP contribution in [0.1, 0.15) is 65.1 Å². The van der Waals surface area contributed by atoms with Crippen LogP contribution in [0.4, 0.5) is 0 Å². The molecule has 0 saturated heterocycles. The third kappa shape index (κ3) is 3.80. The monoisotopic (exact) mass is 327 g/mol. The topological polar surface area (TPSA) is 83.6 Å². The Labute approximate surface area is 142 Å². The first-order valence-corrected chi connectivity index (χ1v) is 8.85. The highest BCUT2D eigenvalue weighted by Gasteiger charge is 2.16. The van der Waals surface area contributed by atoms with Gasteiger partial charge >= 0.3 is 0 Å². The summed E-state index contributed by atoms with van der Waals surface area (Å²) in [7, 11) is 0. The molecule has 0 spiro atoms. The van der Waals surface area contributed by atoms with Crippen LogP contribution in [0.5, 0.6) is 0 Å². The van der Waals surface area contributed by atoms with Gasteiger partial charge in [0.1, 0.15) is 11.5 Å². The molecule has 6 nitrogen and oxygen atoms in total. The van der Waals surface area contributed by atoms with Gasteiger partial charge in [-0.05, 0) is 50.7 Å². The van der Waals surface area contributed by atoms with Crippen LogP contribution in [0.3, 0.4) is 0 Å². The number of rotatable bonds is 6. The zero-order valence-corrected chi connectivity index (χ0v) is 14.5. The molecular weight excluding hydrogens is 302 g/mol. The SMILES string of the molecule is CCCc1cc(C(=O)NCCc2nc(C)c3c(n2)CCCC3)n[nH]1. The van der Waals surface area contributed by atoms with Gasteiger partial charge in [0.2, 0.25) is 0 Å². The van der Waals surface area contributed by atoms with Crippen LogP contribution in [-0.2, 0) is 25.7 Å². The van der Waals surface area contributed by atoms with Gasteiger partial charge in [-0.15, -0.1) is 0 Å². The third-order valence-electron chi connectivity index (χ3n) is 4.45. The summed E-state index contributed by atoms with van der Waals surface area (Å²) in [5, 5.41) is 9.87. The highest BCUT2D eigenvalue weighted by atomic mass is 16.1. The van der Waals surface area contributed by atoms with Gasteiger partial charge in [0.05, 0.1) is 0 Å².